The summed E-state index contributed by atoms with van der Waals surface area (Å²) in [4.78, 5) is 23.4. The van der Waals surface area contributed by atoms with Gasteiger partial charge in [-0.25, -0.2) is 0 Å². The number of carboxylic acids is 1. The van der Waals surface area contributed by atoms with Gasteiger partial charge in [-0.05, 0) is 0 Å². The number of amides is 1. The topological polar surface area (TPSA) is 92.9 Å². The summed E-state index contributed by atoms with van der Waals surface area (Å²) in [6, 6.07) is -0.939. The SMILES string of the molecule is N[C@@H](CC(=O)O)C(=O)N1CCOCC1. The molecule has 0 unspecified atom stereocenters. The van der Waals surface area contributed by atoms with Crippen molar-refractivity contribution in [3.8, 4) is 0 Å². The van der Waals surface area contributed by atoms with E-state index >= 15 is 0 Å². The molecule has 0 aromatic rings. The second-order valence-corrected chi connectivity index (χ2v) is 3.14. The molecule has 0 bridgehead atoms. The molecule has 1 amide bonds. The molecule has 14 heavy (non-hydrogen) atoms. The van der Waals surface area contributed by atoms with E-state index in [-0.39, 0.29) is 12.3 Å². The van der Waals surface area contributed by atoms with Gasteiger partial charge in [0.25, 0.3) is 0 Å². The Balaban J connectivity index is 2.42. The van der Waals surface area contributed by atoms with E-state index in [0.717, 1.165) is 0 Å². The number of ether oxygens (including phenoxy) is 1. The average Bonchev–Trinajstić information content (AvgIpc) is 2.17. The largest absolute Gasteiger partial charge is 0.481 e. The molecule has 0 spiro atoms. The van der Waals surface area contributed by atoms with Gasteiger partial charge in [-0.15, -0.1) is 0 Å². The zero-order valence-corrected chi connectivity index (χ0v) is 7.81. The van der Waals surface area contributed by atoms with Crippen molar-refractivity contribution >= 4 is 11.9 Å². The summed E-state index contributed by atoms with van der Waals surface area (Å²) in [7, 11) is 0. The van der Waals surface area contributed by atoms with Gasteiger partial charge < -0.3 is 20.5 Å². The number of aliphatic carboxylic acids is 1. The minimum Gasteiger partial charge on any atom is -0.481 e. The van der Waals surface area contributed by atoms with Crippen molar-refractivity contribution in [3.63, 3.8) is 0 Å². The number of nitrogens with two attached hydrogens (primary N) is 1. The summed E-state index contributed by atoms with van der Waals surface area (Å²) in [5, 5.41) is 8.46. The van der Waals surface area contributed by atoms with Crippen LogP contribution in [0.1, 0.15) is 6.42 Å². The minimum absolute atomic E-state index is 0.310. The van der Waals surface area contributed by atoms with Gasteiger partial charge in [0, 0.05) is 13.1 Å². The summed E-state index contributed by atoms with van der Waals surface area (Å²) in [5.41, 5.74) is 5.44. The van der Waals surface area contributed by atoms with Crippen molar-refractivity contribution in [3.05, 3.63) is 0 Å². The monoisotopic (exact) mass is 202 g/mol. The number of rotatable bonds is 3. The van der Waals surface area contributed by atoms with Gasteiger partial charge in [-0.2, -0.15) is 0 Å². The fraction of sp³-hybridized carbons (Fsp3) is 0.750. The van der Waals surface area contributed by atoms with Crippen LogP contribution in [0.5, 0.6) is 0 Å². The van der Waals surface area contributed by atoms with Crippen LogP contribution < -0.4 is 5.73 Å². The average molecular weight is 202 g/mol. The summed E-state index contributed by atoms with van der Waals surface area (Å²) in [6.07, 6.45) is -0.323. The second-order valence-electron chi connectivity index (χ2n) is 3.14. The highest BCUT2D eigenvalue weighted by Gasteiger charge is 2.24. The molecule has 3 N–H and O–H groups in total. The number of nitrogens with zero attached hydrogens (tertiary/aromatic N) is 1. The Hall–Kier alpha value is -1.14. The van der Waals surface area contributed by atoms with Crippen molar-refractivity contribution in [2.24, 2.45) is 5.73 Å². The normalized spacial score (nSPS) is 19.1. The van der Waals surface area contributed by atoms with Crippen LogP contribution in [0.3, 0.4) is 0 Å². The van der Waals surface area contributed by atoms with Crippen LogP contribution >= 0.6 is 0 Å². The Morgan fingerprint density at radius 2 is 2.00 bits per heavy atom. The molecule has 1 atom stereocenters. The summed E-state index contributed by atoms with van der Waals surface area (Å²) < 4.78 is 5.06. The quantitative estimate of drug-likeness (QED) is 0.590. The number of carbonyl (C=O) groups is 2. The third-order valence-electron chi connectivity index (χ3n) is 2.03. The molecule has 0 aromatic carbocycles. The Kier molecular flexibility index (Phi) is 3.84. The summed E-state index contributed by atoms with van der Waals surface area (Å²) in [6.45, 7) is 1.97. The predicted octanol–water partition coefficient (Wildman–Crippen LogP) is -1.35. The predicted molar refractivity (Wildman–Crippen MR) is 47.6 cm³/mol. The highest BCUT2D eigenvalue weighted by molar-refractivity contribution is 5.86. The summed E-state index contributed by atoms with van der Waals surface area (Å²) >= 11 is 0. The fourth-order valence-corrected chi connectivity index (χ4v) is 1.29. The van der Waals surface area contributed by atoms with Crippen LogP contribution in [0.15, 0.2) is 0 Å². The molecule has 6 heteroatoms. The lowest BCUT2D eigenvalue weighted by Gasteiger charge is -2.28. The number of morpholine rings is 1. The molecule has 1 heterocycles. The maximum absolute atomic E-state index is 11.5. The molecule has 1 rings (SSSR count). The third kappa shape index (κ3) is 2.97. The molecule has 0 aromatic heterocycles. The van der Waals surface area contributed by atoms with E-state index in [1.165, 1.54) is 4.90 Å². The van der Waals surface area contributed by atoms with Crippen molar-refractivity contribution in [1.82, 2.24) is 4.90 Å². The lowest BCUT2D eigenvalue weighted by molar-refractivity contribution is -0.143. The van der Waals surface area contributed by atoms with Gasteiger partial charge in [-0.3, -0.25) is 9.59 Å². The van der Waals surface area contributed by atoms with E-state index in [1.807, 2.05) is 0 Å². The summed E-state index contributed by atoms with van der Waals surface area (Å²) in [5.74, 6) is -1.37. The number of hydrogen-bond donors (Lipinski definition) is 2. The van der Waals surface area contributed by atoms with Crippen molar-refractivity contribution in [2.45, 2.75) is 12.5 Å². The van der Waals surface area contributed by atoms with E-state index in [0.29, 0.717) is 26.3 Å². The van der Waals surface area contributed by atoms with Crippen LogP contribution in [-0.2, 0) is 14.3 Å². The van der Waals surface area contributed by atoms with Gasteiger partial charge >= 0.3 is 5.97 Å². The van der Waals surface area contributed by atoms with Gasteiger partial charge in [0.15, 0.2) is 0 Å². The van der Waals surface area contributed by atoms with Gasteiger partial charge in [-0.1, -0.05) is 0 Å². The van der Waals surface area contributed by atoms with E-state index in [9.17, 15) is 9.59 Å². The van der Waals surface area contributed by atoms with E-state index < -0.39 is 12.0 Å². The highest BCUT2D eigenvalue weighted by atomic mass is 16.5. The zero-order chi connectivity index (χ0) is 10.6. The molecule has 80 valence electrons. The number of hydrogen-bond acceptors (Lipinski definition) is 4. The van der Waals surface area contributed by atoms with E-state index in [1.54, 1.807) is 0 Å². The van der Waals surface area contributed by atoms with Gasteiger partial charge in [0.05, 0.1) is 25.7 Å². The van der Waals surface area contributed by atoms with Crippen LogP contribution in [0.25, 0.3) is 0 Å². The van der Waals surface area contributed by atoms with Crippen molar-refractivity contribution in [2.75, 3.05) is 26.3 Å². The van der Waals surface area contributed by atoms with E-state index in [4.69, 9.17) is 15.6 Å². The van der Waals surface area contributed by atoms with Crippen LogP contribution in [0.2, 0.25) is 0 Å². The molecule has 0 saturated carbocycles. The van der Waals surface area contributed by atoms with Gasteiger partial charge in [0.1, 0.15) is 0 Å². The lowest BCUT2D eigenvalue weighted by atomic mass is 10.2. The van der Waals surface area contributed by atoms with E-state index in [2.05, 4.69) is 0 Å². The molecule has 6 nitrogen and oxygen atoms in total. The van der Waals surface area contributed by atoms with Crippen molar-refractivity contribution in [1.29, 1.82) is 0 Å². The van der Waals surface area contributed by atoms with Crippen LogP contribution in [-0.4, -0.2) is 54.2 Å². The Morgan fingerprint density at radius 3 is 2.50 bits per heavy atom. The number of carboxylic acid groups (broad SMARTS) is 1. The maximum Gasteiger partial charge on any atom is 0.305 e. The zero-order valence-electron chi connectivity index (χ0n) is 7.81. The minimum atomic E-state index is -1.06. The molecule has 1 saturated heterocycles. The molecular weight excluding hydrogens is 188 g/mol. The smallest absolute Gasteiger partial charge is 0.305 e. The Morgan fingerprint density at radius 1 is 1.43 bits per heavy atom. The first-order valence-corrected chi connectivity index (χ1v) is 4.45. The Bertz CT molecular complexity index is 225. The fourth-order valence-electron chi connectivity index (χ4n) is 1.29. The van der Waals surface area contributed by atoms with Gasteiger partial charge in [0.2, 0.25) is 5.91 Å². The third-order valence-corrected chi connectivity index (χ3v) is 2.03. The molecular formula is C8H14N2O4. The molecule has 1 aliphatic rings. The first-order chi connectivity index (χ1) is 6.61. The van der Waals surface area contributed by atoms with Crippen molar-refractivity contribution < 1.29 is 19.4 Å². The van der Waals surface area contributed by atoms with Crippen LogP contribution in [0, 0.1) is 0 Å². The Labute approximate surface area is 81.6 Å². The first-order valence-electron chi connectivity index (χ1n) is 4.45. The molecule has 1 fully saturated rings. The molecule has 0 radical (unpaired) electrons. The standard InChI is InChI=1S/C8H14N2O4/c9-6(5-7(11)12)8(13)10-1-3-14-4-2-10/h6H,1-5,9H2,(H,11,12)/t6-/m0/s1. The maximum atomic E-state index is 11.5. The number of carbonyl (C=O) groups excluding carboxylic acids is 1. The van der Waals surface area contributed by atoms with Crippen LogP contribution in [0.4, 0.5) is 0 Å². The second kappa shape index (κ2) is 4.92. The molecule has 1 aliphatic heterocycles. The highest BCUT2D eigenvalue weighted by Crippen LogP contribution is 2.01. The lowest BCUT2D eigenvalue weighted by Crippen LogP contribution is -2.49. The molecule has 0 aliphatic carbocycles. The first kappa shape index (κ1) is 10.9.